The summed E-state index contributed by atoms with van der Waals surface area (Å²) in [5.41, 5.74) is 4.68. The number of carbonyl (C=O) groups excluding carboxylic acids is 1. The number of rotatable bonds is 8. The van der Waals surface area contributed by atoms with Gasteiger partial charge in [0.1, 0.15) is 0 Å². The third-order valence-corrected chi connectivity index (χ3v) is 6.05. The molecule has 6 nitrogen and oxygen atoms in total. The third-order valence-electron chi connectivity index (χ3n) is 6.05. The van der Waals surface area contributed by atoms with Crippen LogP contribution in [0.25, 0.3) is 5.69 Å². The molecule has 0 saturated heterocycles. The van der Waals surface area contributed by atoms with Crippen LogP contribution in [0.1, 0.15) is 47.7 Å². The van der Waals surface area contributed by atoms with Crippen LogP contribution >= 0.6 is 0 Å². The minimum Gasteiger partial charge on any atom is -0.322 e. The first-order valence-electron chi connectivity index (χ1n) is 10.7. The number of aromatic nitrogens is 3. The summed E-state index contributed by atoms with van der Waals surface area (Å²) in [6.45, 7) is 6.58. The molecule has 0 atom stereocenters. The van der Waals surface area contributed by atoms with Gasteiger partial charge in [-0.05, 0) is 62.1 Å². The van der Waals surface area contributed by atoms with Gasteiger partial charge in [-0.25, -0.2) is 4.98 Å². The standard InChI is InChI=1S/C24H29N5O/c1-3-28(22-5-4-6-22)11-9-19-7-8-21(13-18(19)2)27-24(30)20-14-23(16-26-15-20)29-12-10-25-17-29/h7-8,10,12-17,22H,3-6,9,11H2,1-2H3,(H,27,30). The zero-order valence-corrected chi connectivity index (χ0v) is 17.7. The number of anilines is 1. The maximum Gasteiger partial charge on any atom is 0.257 e. The van der Waals surface area contributed by atoms with Crippen molar-refractivity contribution in [3.05, 3.63) is 72.1 Å². The molecular weight excluding hydrogens is 374 g/mol. The van der Waals surface area contributed by atoms with Crippen molar-refractivity contribution in [1.29, 1.82) is 0 Å². The van der Waals surface area contributed by atoms with Crippen molar-refractivity contribution in [2.75, 3.05) is 18.4 Å². The van der Waals surface area contributed by atoms with Crippen molar-refractivity contribution < 1.29 is 4.79 Å². The van der Waals surface area contributed by atoms with Crippen LogP contribution in [0.2, 0.25) is 0 Å². The Morgan fingerprint density at radius 2 is 2.10 bits per heavy atom. The molecule has 1 amide bonds. The van der Waals surface area contributed by atoms with Crippen LogP contribution in [-0.2, 0) is 6.42 Å². The highest BCUT2D eigenvalue weighted by Gasteiger charge is 2.23. The molecule has 1 fully saturated rings. The molecule has 0 spiro atoms. The van der Waals surface area contributed by atoms with Gasteiger partial charge in [0.2, 0.25) is 0 Å². The van der Waals surface area contributed by atoms with Crippen LogP contribution in [0.5, 0.6) is 0 Å². The number of imidazole rings is 1. The van der Waals surface area contributed by atoms with Gasteiger partial charge in [-0.3, -0.25) is 9.78 Å². The highest BCUT2D eigenvalue weighted by atomic mass is 16.1. The smallest absolute Gasteiger partial charge is 0.257 e. The lowest BCUT2D eigenvalue weighted by Crippen LogP contribution is -2.41. The highest BCUT2D eigenvalue weighted by molar-refractivity contribution is 6.04. The molecule has 0 aliphatic heterocycles. The topological polar surface area (TPSA) is 63.1 Å². The Hall–Kier alpha value is -2.99. The molecule has 1 N–H and O–H groups in total. The maximum atomic E-state index is 12.7. The van der Waals surface area contributed by atoms with Crippen molar-refractivity contribution in [2.24, 2.45) is 0 Å². The van der Waals surface area contributed by atoms with E-state index >= 15 is 0 Å². The number of nitrogens with zero attached hydrogens (tertiary/aromatic N) is 4. The van der Waals surface area contributed by atoms with Gasteiger partial charge in [-0.15, -0.1) is 0 Å². The van der Waals surface area contributed by atoms with Crippen molar-refractivity contribution >= 4 is 11.6 Å². The van der Waals surface area contributed by atoms with Gasteiger partial charge in [0.25, 0.3) is 5.91 Å². The Morgan fingerprint density at radius 1 is 1.23 bits per heavy atom. The van der Waals surface area contributed by atoms with Crippen LogP contribution < -0.4 is 5.32 Å². The van der Waals surface area contributed by atoms with Crippen molar-refractivity contribution in [3.8, 4) is 5.69 Å². The third kappa shape index (κ3) is 4.60. The van der Waals surface area contributed by atoms with Gasteiger partial charge in [0, 0.05) is 36.9 Å². The summed E-state index contributed by atoms with van der Waals surface area (Å²) in [5.74, 6) is -0.168. The second-order valence-electron chi connectivity index (χ2n) is 7.96. The molecule has 1 aliphatic carbocycles. The van der Waals surface area contributed by atoms with Crippen molar-refractivity contribution in [1.82, 2.24) is 19.4 Å². The van der Waals surface area contributed by atoms with Gasteiger partial charge < -0.3 is 14.8 Å². The van der Waals surface area contributed by atoms with E-state index < -0.39 is 0 Å². The maximum absolute atomic E-state index is 12.7. The number of carbonyl (C=O) groups is 1. The van der Waals surface area contributed by atoms with Crippen LogP contribution in [0.15, 0.2) is 55.4 Å². The molecule has 0 bridgehead atoms. The lowest BCUT2D eigenvalue weighted by Gasteiger charge is -2.37. The molecular formula is C24H29N5O. The minimum absolute atomic E-state index is 0.168. The molecule has 1 saturated carbocycles. The average molecular weight is 404 g/mol. The van der Waals surface area contributed by atoms with E-state index in [0.717, 1.165) is 36.9 Å². The van der Waals surface area contributed by atoms with E-state index in [-0.39, 0.29) is 5.91 Å². The summed E-state index contributed by atoms with van der Waals surface area (Å²) in [6.07, 6.45) is 13.6. The van der Waals surface area contributed by atoms with Crippen molar-refractivity contribution in [2.45, 2.75) is 45.6 Å². The number of likely N-dealkylation sites (N-methyl/N-ethyl adjacent to an activating group) is 1. The summed E-state index contributed by atoms with van der Waals surface area (Å²) in [7, 11) is 0. The first-order valence-corrected chi connectivity index (χ1v) is 10.7. The Bertz CT molecular complexity index is 995. The second-order valence-corrected chi connectivity index (χ2v) is 7.96. The lowest BCUT2D eigenvalue weighted by atomic mass is 9.91. The Morgan fingerprint density at radius 3 is 2.77 bits per heavy atom. The number of hydrogen-bond donors (Lipinski definition) is 1. The molecule has 2 heterocycles. The van der Waals surface area contributed by atoms with Crippen molar-refractivity contribution in [3.63, 3.8) is 0 Å². The fourth-order valence-corrected chi connectivity index (χ4v) is 3.98. The van der Waals surface area contributed by atoms with Crippen LogP contribution in [0, 0.1) is 6.92 Å². The largest absolute Gasteiger partial charge is 0.322 e. The van der Waals surface area contributed by atoms with Gasteiger partial charge in [-0.2, -0.15) is 0 Å². The summed E-state index contributed by atoms with van der Waals surface area (Å²) < 4.78 is 1.83. The molecule has 0 unspecified atom stereocenters. The van der Waals surface area contributed by atoms with Crippen LogP contribution in [0.3, 0.4) is 0 Å². The zero-order valence-electron chi connectivity index (χ0n) is 17.7. The van der Waals surface area contributed by atoms with Gasteiger partial charge >= 0.3 is 0 Å². The van der Waals surface area contributed by atoms with Gasteiger partial charge in [0.05, 0.1) is 23.8 Å². The number of benzene rings is 1. The molecule has 2 aromatic heterocycles. The Labute approximate surface area is 178 Å². The quantitative estimate of drug-likeness (QED) is 0.611. The van der Waals surface area contributed by atoms with E-state index in [1.54, 1.807) is 24.9 Å². The molecule has 1 aliphatic rings. The predicted octanol–water partition coefficient (Wildman–Crippen LogP) is 4.24. The number of aryl methyl sites for hydroxylation is 1. The fourth-order valence-electron chi connectivity index (χ4n) is 3.98. The summed E-state index contributed by atoms with van der Waals surface area (Å²) in [5, 5.41) is 3.00. The number of nitrogens with one attached hydrogen (secondary N) is 1. The number of amides is 1. The first kappa shape index (κ1) is 20.3. The Balaban J connectivity index is 1.39. The average Bonchev–Trinajstić information content (AvgIpc) is 3.26. The normalized spacial score (nSPS) is 14.0. The highest BCUT2D eigenvalue weighted by Crippen LogP contribution is 2.25. The van der Waals surface area contributed by atoms with E-state index in [1.165, 1.54) is 30.4 Å². The number of hydrogen-bond acceptors (Lipinski definition) is 4. The summed E-state index contributed by atoms with van der Waals surface area (Å²) in [6, 6.07) is 8.78. The van der Waals surface area contributed by atoms with E-state index in [2.05, 4.69) is 46.2 Å². The van der Waals surface area contributed by atoms with Gasteiger partial charge in [-0.1, -0.05) is 19.4 Å². The summed E-state index contributed by atoms with van der Waals surface area (Å²) in [4.78, 5) is 23.5. The number of pyridine rings is 1. The lowest BCUT2D eigenvalue weighted by molar-refractivity contribution is 0.102. The van der Waals surface area contributed by atoms with Crippen LogP contribution in [0.4, 0.5) is 5.69 Å². The molecule has 0 radical (unpaired) electrons. The molecule has 6 heteroatoms. The first-order chi connectivity index (χ1) is 14.6. The predicted molar refractivity (Wildman–Crippen MR) is 119 cm³/mol. The molecule has 30 heavy (non-hydrogen) atoms. The second kappa shape index (κ2) is 9.22. The fraction of sp³-hybridized carbons (Fsp3) is 0.375. The van der Waals surface area contributed by atoms with E-state index in [0.29, 0.717) is 5.56 Å². The minimum atomic E-state index is -0.168. The molecule has 3 aromatic rings. The summed E-state index contributed by atoms with van der Waals surface area (Å²) >= 11 is 0. The monoisotopic (exact) mass is 403 g/mol. The zero-order chi connectivity index (χ0) is 20.9. The molecule has 4 rings (SSSR count). The van der Waals surface area contributed by atoms with E-state index in [9.17, 15) is 4.79 Å². The van der Waals surface area contributed by atoms with Crippen LogP contribution in [-0.4, -0.2) is 44.5 Å². The molecule has 1 aromatic carbocycles. The molecule has 156 valence electrons. The van der Waals surface area contributed by atoms with E-state index in [1.807, 2.05) is 22.9 Å². The Kier molecular flexibility index (Phi) is 6.23. The van der Waals surface area contributed by atoms with Gasteiger partial charge in [0.15, 0.2) is 0 Å². The van der Waals surface area contributed by atoms with E-state index in [4.69, 9.17) is 0 Å². The SMILES string of the molecule is CCN(CCc1ccc(NC(=O)c2cncc(-n3ccnc3)c2)cc1C)C1CCC1.